The van der Waals surface area contributed by atoms with Crippen molar-refractivity contribution in [2.24, 2.45) is 5.73 Å². The monoisotopic (exact) mass is 267 g/mol. The number of hydrogen-bond acceptors (Lipinski definition) is 2. The van der Waals surface area contributed by atoms with E-state index in [0.717, 1.165) is 9.86 Å². The molecule has 0 aliphatic rings. The third-order valence-electron chi connectivity index (χ3n) is 2.02. The molecule has 1 amide bonds. The average molecular weight is 268 g/mol. The summed E-state index contributed by atoms with van der Waals surface area (Å²) in [7, 11) is 0. The third-order valence-corrected chi connectivity index (χ3v) is 2.52. The molecule has 0 saturated carbocycles. The van der Waals surface area contributed by atoms with Crippen LogP contribution in [0.15, 0.2) is 33.2 Å². The Morgan fingerprint density at radius 3 is 2.80 bits per heavy atom. The molecule has 1 heterocycles. The SMILES string of the molecule is NC(=O)c1cc2cc(Br)ccc2oc1=[NH2+]. The Kier molecular flexibility index (Phi) is 2.32. The largest absolute Gasteiger partial charge is 0.404 e. The summed E-state index contributed by atoms with van der Waals surface area (Å²) >= 11 is 3.32. The van der Waals surface area contributed by atoms with Crippen LogP contribution in [0.3, 0.4) is 0 Å². The van der Waals surface area contributed by atoms with Crippen molar-refractivity contribution in [3.05, 3.63) is 39.9 Å². The van der Waals surface area contributed by atoms with E-state index in [4.69, 9.17) is 15.6 Å². The molecule has 0 unspecified atom stereocenters. The second-order valence-electron chi connectivity index (χ2n) is 3.07. The van der Waals surface area contributed by atoms with Crippen molar-refractivity contribution in [1.29, 1.82) is 0 Å². The Morgan fingerprint density at radius 1 is 1.40 bits per heavy atom. The van der Waals surface area contributed by atoms with E-state index in [9.17, 15) is 4.79 Å². The first-order valence-corrected chi connectivity index (χ1v) is 4.99. The van der Waals surface area contributed by atoms with Crippen molar-refractivity contribution in [1.82, 2.24) is 0 Å². The van der Waals surface area contributed by atoms with Gasteiger partial charge in [-0.05, 0) is 24.3 Å². The van der Waals surface area contributed by atoms with Crippen molar-refractivity contribution in [2.75, 3.05) is 0 Å². The van der Waals surface area contributed by atoms with Crippen LogP contribution < -0.4 is 16.7 Å². The van der Waals surface area contributed by atoms with Gasteiger partial charge in [0, 0.05) is 9.86 Å². The molecule has 0 spiro atoms. The summed E-state index contributed by atoms with van der Waals surface area (Å²) in [6, 6.07) is 7.03. The van der Waals surface area contributed by atoms with Crippen molar-refractivity contribution >= 4 is 32.8 Å². The molecular formula is C10H8BrN2O2+. The van der Waals surface area contributed by atoms with Gasteiger partial charge in [-0.15, -0.1) is 0 Å². The molecule has 0 aliphatic carbocycles. The van der Waals surface area contributed by atoms with Gasteiger partial charge in [0.1, 0.15) is 5.58 Å². The van der Waals surface area contributed by atoms with E-state index >= 15 is 0 Å². The van der Waals surface area contributed by atoms with Crippen LogP contribution in [0.5, 0.6) is 0 Å². The molecule has 0 atom stereocenters. The highest BCUT2D eigenvalue weighted by Crippen LogP contribution is 2.18. The van der Waals surface area contributed by atoms with E-state index in [-0.39, 0.29) is 11.1 Å². The molecule has 2 aromatic rings. The summed E-state index contributed by atoms with van der Waals surface area (Å²) in [5, 5.41) is 6.32. The van der Waals surface area contributed by atoms with Crippen LogP contribution in [0.1, 0.15) is 10.4 Å². The van der Waals surface area contributed by atoms with Crippen LogP contribution in [-0.4, -0.2) is 5.91 Å². The van der Waals surface area contributed by atoms with Gasteiger partial charge in [-0.1, -0.05) is 15.9 Å². The standard InChI is InChI=1S/C10H7BrN2O2/c11-6-1-2-8-5(3-6)4-7(9(12)14)10(13)15-8/h1-4,13H,(H2,12,14)/p+1. The zero-order chi connectivity index (χ0) is 11.0. The van der Waals surface area contributed by atoms with E-state index < -0.39 is 5.91 Å². The molecule has 0 saturated heterocycles. The molecule has 1 aromatic heterocycles. The van der Waals surface area contributed by atoms with Gasteiger partial charge < -0.3 is 10.2 Å². The first-order chi connectivity index (χ1) is 7.08. The van der Waals surface area contributed by atoms with Gasteiger partial charge >= 0.3 is 5.55 Å². The fourth-order valence-electron chi connectivity index (χ4n) is 1.32. The molecule has 76 valence electrons. The molecule has 1 aromatic carbocycles. The highest BCUT2D eigenvalue weighted by molar-refractivity contribution is 9.10. The van der Waals surface area contributed by atoms with Gasteiger partial charge in [0.05, 0.1) is 0 Å². The van der Waals surface area contributed by atoms with Crippen LogP contribution in [0.4, 0.5) is 0 Å². The second kappa shape index (κ2) is 3.51. The van der Waals surface area contributed by atoms with Crippen LogP contribution in [0.2, 0.25) is 0 Å². The van der Waals surface area contributed by atoms with Crippen molar-refractivity contribution in [3.63, 3.8) is 0 Å². The molecule has 4 nitrogen and oxygen atoms in total. The second-order valence-corrected chi connectivity index (χ2v) is 3.99. The Bertz CT molecular complexity index is 604. The lowest BCUT2D eigenvalue weighted by molar-refractivity contribution is -0.197. The molecule has 0 fully saturated rings. The number of carbonyl (C=O) groups is 1. The van der Waals surface area contributed by atoms with Gasteiger partial charge in [-0.25, -0.2) is 5.41 Å². The molecule has 15 heavy (non-hydrogen) atoms. The average Bonchev–Trinajstić information content (AvgIpc) is 2.17. The molecule has 5 heteroatoms. The molecular weight excluding hydrogens is 260 g/mol. The van der Waals surface area contributed by atoms with Crippen LogP contribution >= 0.6 is 15.9 Å². The summed E-state index contributed by atoms with van der Waals surface area (Å²) in [4.78, 5) is 11.0. The number of nitrogens with two attached hydrogens (primary N) is 2. The highest BCUT2D eigenvalue weighted by Gasteiger charge is 2.11. The molecule has 0 aliphatic heterocycles. The number of carbonyl (C=O) groups excluding carboxylic acids is 1. The minimum absolute atomic E-state index is 0.0392. The van der Waals surface area contributed by atoms with E-state index in [1.807, 2.05) is 12.1 Å². The number of primary amides is 1. The topological polar surface area (TPSA) is 81.8 Å². The number of benzene rings is 1. The predicted octanol–water partition coefficient (Wildman–Crippen LogP) is -0.0460. The van der Waals surface area contributed by atoms with Crippen LogP contribution in [-0.2, 0) is 0 Å². The zero-order valence-electron chi connectivity index (χ0n) is 7.66. The first kappa shape index (κ1) is 9.92. The molecule has 0 radical (unpaired) electrons. The number of fused-ring (bicyclic) bond motifs is 1. The van der Waals surface area contributed by atoms with Crippen molar-refractivity contribution < 1.29 is 14.6 Å². The summed E-state index contributed by atoms with van der Waals surface area (Å²) in [5.41, 5.74) is 6.00. The maximum atomic E-state index is 11.0. The lowest BCUT2D eigenvalue weighted by Crippen LogP contribution is -2.48. The Labute approximate surface area is 93.3 Å². The maximum Gasteiger partial charge on any atom is 0.377 e. The number of halogens is 1. The summed E-state index contributed by atoms with van der Waals surface area (Å²) < 4.78 is 6.16. The summed E-state index contributed by atoms with van der Waals surface area (Å²) in [5.74, 6) is -0.599. The summed E-state index contributed by atoms with van der Waals surface area (Å²) in [6.45, 7) is 0. The highest BCUT2D eigenvalue weighted by atomic mass is 79.9. The Hall–Kier alpha value is -1.62. The van der Waals surface area contributed by atoms with E-state index in [1.165, 1.54) is 0 Å². The molecule has 4 N–H and O–H groups in total. The van der Waals surface area contributed by atoms with Crippen molar-refractivity contribution in [3.8, 4) is 0 Å². The van der Waals surface area contributed by atoms with Gasteiger partial charge in [0.15, 0.2) is 5.56 Å². The quantitative estimate of drug-likeness (QED) is 0.760. The minimum Gasteiger partial charge on any atom is -0.404 e. The van der Waals surface area contributed by atoms with Gasteiger partial charge in [-0.3, -0.25) is 4.79 Å². The smallest absolute Gasteiger partial charge is 0.377 e. The Balaban J connectivity index is 2.83. The molecule has 2 rings (SSSR count). The fraction of sp³-hybridized carbons (Fsp3) is 0. The number of amides is 1. The first-order valence-electron chi connectivity index (χ1n) is 4.19. The lowest BCUT2D eigenvalue weighted by atomic mass is 10.2. The number of rotatable bonds is 1. The van der Waals surface area contributed by atoms with E-state index in [2.05, 4.69) is 15.9 Å². The number of hydrogen-bond donors (Lipinski definition) is 2. The predicted molar refractivity (Wildman–Crippen MR) is 57.5 cm³/mol. The minimum atomic E-state index is -0.599. The van der Waals surface area contributed by atoms with E-state index in [1.54, 1.807) is 12.1 Å². The summed E-state index contributed by atoms with van der Waals surface area (Å²) in [6.07, 6.45) is 0. The Morgan fingerprint density at radius 2 is 2.13 bits per heavy atom. The van der Waals surface area contributed by atoms with Gasteiger partial charge in [0.2, 0.25) is 0 Å². The maximum absolute atomic E-state index is 11.0. The van der Waals surface area contributed by atoms with E-state index in [0.29, 0.717) is 5.58 Å². The molecule has 0 bridgehead atoms. The van der Waals surface area contributed by atoms with Gasteiger partial charge in [-0.2, -0.15) is 0 Å². The normalized spacial score (nSPS) is 10.5. The third kappa shape index (κ3) is 1.78. The van der Waals surface area contributed by atoms with Gasteiger partial charge in [0.25, 0.3) is 5.91 Å². The van der Waals surface area contributed by atoms with Crippen LogP contribution in [0, 0.1) is 0 Å². The van der Waals surface area contributed by atoms with Crippen molar-refractivity contribution in [2.45, 2.75) is 0 Å². The fourth-order valence-corrected chi connectivity index (χ4v) is 1.70. The zero-order valence-corrected chi connectivity index (χ0v) is 9.24. The van der Waals surface area contributed by atoms with Crippen LogP contribution in [0.25, 0.3) is 11.0 Å². The lowest BCUT2D eigenvalue weighted by Gasteiger charge is -1.98.